The maximum atomic E-state index is 12.5. The standard InChI is InChI=1S/C15H26N4O/c1-13-10-19(9-8-17-13)11-14(20)18(2)15(12-16)6-4-3-5-7-15/h13,17H,3-11H2,1-2H3. The topological polar surface area (TPSA) is 59.4 Å². The summed E-state index contributed by atoms with van der Waals surface area (Å²) in [5.74, 6) is 0.0857. The number of nitrogens with one attached hydrogen (secondary N) is 1. The molecular weight excluding hydrogens is 252 g/mol. The van der Waals surface area contributed by atoms with Gasteiger partial charge in [0, 0.05) is 32.7 Å². The molecule has 2 fully saturated rings. The number of carbonyl (C=O) groups is 1. The number of amides is 1. The molecule has 0 aromatic rings. The van der Waals surface area contributed by atoms with Crippen LogP contribution in [0.3, 0.4) is 0 Å². The molecule has 20 heavy (non-hydrogen) atoms. The molecule has 1 saturated carbocycles. The molecule has 2 rings (SSSR count). The van der Waals surface area contributed by atoms with E-state index in [1.54, 1.807) is 4.90 Å². The molecule has 0 spiro atoms. The molecule has 1 atom stereocenters. The number of hydrogen-bond acceptors (Lipinski definition) is 4. The molecule has 1 amide bonds. The zero-order chi connectivity index (χ0) is 14.6. The van der Waals surface area contributed by atoms with E-state index < -0.39 is 5.54 Å². The Bertz CT molecular complexity index is 384. The minimum Gasteiger partial charge on any atom is -0.326 e. The van der Waals surface area contributed by atoms with E-state index >= 15 is 0 Å². The maximum Gasteiger partial charge on any atom is 0.237 e. The van der Waals surface area contributed by atoms with Gasteiger partial charge in [-0.2, -0.15) is 5.26 Å². The van der Waals surface area contributed by atoms with Crippen molar-refractivity contribution in [2.75, 3.05) is 33.2 Å². The first-order chi connectivity index (χ1) is 9.57. The monoisotopic (exact) mass is 278 g/mol. The zero-order valence-electron chi connectivity index (χ0n) is 12.7. The van der Waals surface area contributed by atoms with Gasteiger partial charge in [0.25, 0.3) is 0 Å². The lowest BCUT2D eigenvalue weighted by Crippen LogP contribution is -2.56. The summed E-state index contributed by atoms with van der Waals surface area (Å²) >= 11 is 0. The summed E-state index contributed by atoms with van der Waals surface area (Å²) < 4.78 is 0. The molecule has 1 saturated heterocycles. The number of rotatable bonds is 3. The number of nitriles is 1. The maximum absolute atomic E-state index is 12.5. The third kappa shape index (κ3) is 3.31. The third-order valence-corrected chi connectivity index (χ3v) is 4.72. The summed E-state index contributed by atoms with van der Waals surface area (Å²) in [5, 5.41) is 12.9. The molecular formula is C15H26N4O. The Labute approximate surface area is 121 Å². The number of piperazine rings is 1. The fourth-order valence-electron chi connectivity index (χ4n) is 3.35. The van der Waals surface area contributed by atoms with E-state index in [9.17, 15) is 10.1 Å². The van der Waals surface area contributed by atoms with Gasteiger partial charge in [0.1, 0.15) is 5.54 Å². The number of nitrogens with zero attached hydrogens (tertiary/aromatic N) is 3. The van der Waals surface area contributed by atoms with Gasteiger partial charge in [-0.15, -0.1) is 0 Å². The highest BCUT2D eigenvalue weighted by Crippen LogP contribution is 2.32. The fourth-order valence-corrected chi connectivity index (χ4v) is 3.35. The number of likely N-dealkylation sites (N-methyl/N-ethyl adjacent to an activating group) is 1. The average molecular weight is 278 g/mol. The summed E-state index contributed by atoms with van der Waals surface area (Å²) in [6, 6.07) is 2.85. The Hall–Kier alpha value is -1.12. The largest absolute Gasteiger partial charge is 0.326 e. The molecule has 0 radical (unpaired) electrons. The number of hydrogen-bond donors (Lipinski definition) is 1. The van der Waals surface area contributed by atoms with Crippen LogP contribution in [0.15, 0.2) is 0 Å². The molecule has 5 heteroatoms. The average Bonchev–Trinajstić information content (AvgIpc) is 2.47. The van der Waals surface area contributed by atoms with E-state index in [2.05, 4.69) is 23.2 Å². The Morgan fingerprint density at radius 2 is 2.15 bits per heavy atom. The Kier molecular flexibility index (Phi) is 5.00. The fraction of sp³-hybridized carbons (Fsp3) is 0.867. The van der Waals surface area contributed by atoms with Crippen molar-refractivity contribution in [2.24, 2.45) is 0 Å². The van der Waals surface area contributed by atoms with Gasteiger partial charge in [-0.3, -0.25) is 9.69 Å². The summed E-state index contributed by atoms with van der Waals surface area (Å²) in [7, 11) is 1.81. The quantitative estimate of drug-likeness (QED) is 0.835. The Morgan fingerprint density at radius 3 is 2.75 bits per heavy atom. The van der Waals surface area contributed by atoms with E-state index in [1.807, 2.05) is 7.05 Å². The van der Waals surface area contributed by atoms with Crippen LogP contribution < -0.4 is 5.32 Å². The lowest BCUT2D eigenvalue weighted by atomic mass is 9.81. The van der Waals surface area contributed by atoms with Crippen LogP contribution in [0.2, 0.25) is 0 Å². The molecule has 1 heterocycles. The van der Waals surface area contributed by atoms with Gasteiger partial charge < -0.3 is 10.2 Å². The Balaban J connectivity index is 1.95. The molecule has 0 aromatic carbocycles. The van der Waals surface area contributed by atoms with E-state index in [1.165, 1.54) is 6.42 Å². The third-order valence-electron chi connectivity index (χ3n) is 4.72. The summed E-state index contributed by atoms with van der Waals surface area (Å²) in [6.07, 6.45) is 4.93. The van der Waals surface area contributed by atoms with Crippen molar-refractivity contribution in [3.63, 3.8) is 0 Å². The van der Waals surface area contributed by atoms with Crippen LogP contribution in [0.4, 0.5) is 0 Å². The molecule has 112 valence electrons. The predicted molar refractivity (Wildman–Crippen MR) is 78.1 cm³/mol. The van der Waals surface area contributed by atoms with Crippen molar-refractivity contribution < 1.29 is 4.79 Å². The van der Waals surface area contributed by atoms with Crippen LogP contribution >= 0.6 is 0 Å². The van der Waals surface area contributed by atoms with Crippen molar-refractivity contribution in [1.29, 1.82) is 5.26 Å². The van der Waals surface area contributed by atoms with Crippen LogP contribution in [0, 0.1) is 11.3 Å². The molecule has 0 aromatic heterocycles. The van der Waals surface area contributed by atoms with Gasteiger partial charge in [-0.05, 0) is 19.8 Å². The first-order valence-electron chi connectivity index (χ1n) is 7.71. The van der Waals surface area contributed by atoms with Crippen LogP contribution in [-0.2, 0) is 4.79 Å². The second kappa shape index (κ2) is 6.55. The van der Waals surface area contributed by atoms with Crippen molar-refractivity contribution in [3.8, 4) is 6.07 Å². The van der Waals surface area contributed by atoms with Crippen molar-refractivity contribution in [2.45, 2.75) is 50.6 Å². The van der Waals surface area contributed by atoms with E-state index in [0.717, 1.165) is 45.3 Å². The first kappa shape index (κ1) is 15.3. The molecule has 0 bridgehead atoms. The zero-order valence-corrected chi connectivity index (χ0v) is 12.7. The summed E-state index contributed by atoms with van der Waals surface area (Å²) in [4.78, 5) is 16.4. The van der Waals surface area contributed by atoms with Crippen LogP contribution in [0.5, 0.6) is 0 Å². The second-order valence-corrected chi connectivity index (χ2v) is 6.25. The second-order valence-electron chi connectivity index (χ2n) is 6.25. The predicted octanol–water partition coefficient (Wildman–Crippen LogP) is 0.965. The highest BCUT2D eigenvalue weighted by Gasteiger charge is 2.39. The minimum atomic E-state index is -0.561. The normalized spacial score (nSPS) is 26.8. The van der Waals surface area contributed by atoms with Gasteiger partial charge in [0.05, 0.1) is 12.6 Å². The van der Waals surface area contributed by atoms with Gasteiger partial charge in [-0.1, -0.05) is 19.3 Å². The highest BCUT2D eigenvalue weighted by atomic mass is 16.2. The van der Waals surface area contributed by atoms with E-state index in [4.69, 9.17) is 0 Å². The lowest BCUT2D eigenvalue weighted by Gasteiger charge is -2.40. The highest BCUT2D eigenvalue weighted by molar-refractivity contribution is 5.79. The lowest BCUT2D eigenvalue weighted by molar-refractivity contribution is -0.136. The van der Waals surface area contributed by atoms with Gasteiger partial charge in [0.15, 0.2) is 0 Å². The molecule has 1 aliphatic heterocycles. The van der Waals surface area contributed by atoms with Gasteiger partial charge in [0.2, 0.25) is 5.91 Å². The SMILES string of the molecule is CC1CN(CC(=O)N(C)C2(C#N)CCCCC2)CCN1. The number of carbonyl (C=O) groups excluding carboxylic acids is 1. The van der Waals surface area contributed by atoms with Crippen LogP contribution in [0.25, 0.3) is 0 Å². The smallest absolute Gasteiger partial charge is 0.237 e. The van der Waals surface area contributed by atoms with Crippen LogP contribution in [-0.4, -0.2) is 60.5 Å². The van der Waals surface area contributed by atoms with E-state index in [-0.39, 0.29) is 5.91 Å². The van der Waals surface area contributed by atoms with Crippen molar-refractivity contribution in [3.05, 3.63) is 0 Å². The van der Waals surface area contributed by atoms with Crippen molar-refractivity contribution in [1.82, 2.24) is 15.1 Å². The van der Waals surface area contributed by atoms with Crippen LogP contribution in [0.1, 0.15) is 39.0 Å². The summed E-state index contributed by atoms with van der Waals surface area (Å²) in [6.45, 7) is 5.31. The van der Waals surface area contributed by atoms with E-state index in [0.29, 0.717) is 12.6 Å². The molecule has 1 unspecified atom stereocenters. The van der Waals surface area contributed by atoms with Gasteiger partial charge in [-0.25, -0.2) is 0 Å². The minimum absolute atomic E-state index is 0.0857. The molecule has 5 nitrogen and oxygen atoms in total. The first-order valence-corrected chi connectivity index (χ1v) is 7.71. The molecule has 1 aliphatic carbocycles. The Morgan fingerprint density at radius 1 is 1.45 bits per heavy atom. The summed E-state index contributed by atoms with van der Waals surface area (Å²) in [5.41, 5.74) is -0.561. The molecule has 1 N–H and O–H groups in total. The molecule has 2 aliphatic rings. The van der Waals surface area contributed by atoms with Crippen molar-refractivity contribution >= 4 is 5.91 Å². The van der Waals surface area contributed by atoms with Gasteiger partial charge >= 0.3 is 0 Å².